The Morgan fingerprint density at radius 1 is 1.36 bits per heavy atom. The summed E-state index contributed by atoms with van der Waals surface area (Å²) >= 11 is 0. The van der Waals surface area contributed by atoms with Crippen molar-refractivity contribution >= 4 is 12.0 Å². The molecule has 2 nitrogen and oxygen atoms in total. The SMILES string of the molecule is C[C@@H](C=O)Nc1ccccc1. The summed E-state index contributed by atoms with van der Waals surface area (Å²) in [7, 11) is 0. The van der Waals surface area contributed by atoms with E-state index in [1.165, 1.54) is 0 Å². The van der Waals surface area contributed by atoms with Crippen molar-refractivity contribution in [2.45, 2.75) is 13.0 Å². The number of hydrogen-bond donors (Lipinski definition) is 1. The first-order valence-corrected chi connectivity index (χ1v) is 3.60. The number of carbonyl (C=O) groups is 1. The molecule has 0 aliphatic heterocycles. The molecule has 0 fully saturated rings. The second-order valence-corrected chi connectivity index (χ2v) is 2.44. The van der Waals surface area contributed by atoms with Gasteiger partial charge in [-0.15, -0.1) is 0 Å². The Hall–Kier alpha value is -1.31. The van der Waals surface area contributed by atoms with Crippen LogP contribution in [0.2, 0.25) is 0 Å². The molecule has 0 aromatic heterocycles. The Kier molecular flexibility index (Phi) is 2.66. The van der Waals surface area contributed by atoms with Crippen LogP contribution in [0.1, 0.15) is 6.92 Å². The van der Waals surface area contributed by atoms with E-state index < -0.39 is 0 Å². The minimum Gasteiger partial charge on any atom is -0.376 e. The molecular weight excluding hydrogens is 138 g/mol. The van der Waals surface area contributed by atoms with Crippen LogP contribution < -0.4 is 5.32 Å². The van der Waals surface area contributed by atoms with Crippen LogP contribution in [0, 0.1) is 0 Å². The lowest BCUT2D eigenvalue weighted by Gasteiger charge is -2.07. The van der Waals surface area contributed by atoms with Crippen LogP contribution in [-0.4, -0.2) is 12.3 Å². The third-order valence-corrected chi connectivity index (χ3v) is 1.37. The van der Waals surface area contributed by atoms with Crippen molar-refractivity contribution < 1.29 is 4.79 Å². The quantitative estimate of drug-likeness (QED) is 0.662. The maximum atomic E-state index is 10.2. The summed E-state index contributed by atoms with van der Waals surface area (Å²) in [6, 6.07) is 9.55. The fraction of sp³-hybridized carbons (Fsp3) is 0.222. The Morgan fingerprint density at radius 3 is 2.55 bits per heavy atom. The van der Waals surface area contributed by atoms with E-state index in [0.717, 1.165) is 12.0 Å². The summed E-state index contributed by atoms with van der Waals surface area (Å²) in [6.07, 6.45) is 0.882. The first kappa shape index (κ1) is 7.79. The van der Waals surface area contributed by atoms with E-state index in [2.05, 4.69) is 5.32 Å². The molecule has 0 spiro atoms. The molecule has 0 radical (unpaired) electrons. The first-order chi connectivity index (χ1) is 5.33. The molecule has 0 aliphatic rings. The highest BCUT2D eigenvalue weighted by Crippen LogP contribution is 2.05. The molecule has 2 heteroatoms. The van der Waals surface area contributed by atoms with Gasteiger partial charge in [-0.1, -0.05) is 18.2 Å². The van der Waals surface area contributed by atoms with Gasteiger partial charge < -0.3 is 10.1 Å². The van der Waals surface area contributed by atoms with E-state index in [-0.39, 0.29) is 6.04 Å². The van der Waals surface area contributed by atoms with Gasteiger partial charge in [0.05, 0.1) is 6.04 Å². The van der Waals surface area contributed by atoms with Crippen LogP contribution >= 0.6 is 0 Å². The molecular formula is C9H11NO. The minimum absolute atomic E-state index is 0.114. The Bertz CT molecular complexity index is 220. The van der Waals surface area contributed by atoms with E-state index in [1.807, 2.05) is 37.3 Å². The average molecular weight is 149 g/mol. The largest absolute Gasteiger partial charge is 0.376 e. The lowest BCUT2D eigenvalue weighted by Crippen LogP contribution is -2.15. The van der Waals surface area contributed by atoms with Gasteiger partial charge in [0, 0.05) is 5.69 Å². The highest BCUT2D eigenvalue weighted by molar-refractivity contribution is 5.63. The van der Waals surface area contributed by atoms with Gasteiger partial charge in [-0.05, 0) is 19.1 Å². The molecule has 1 N–H and O–H groups in total. The average Bonchev–Trinajstić information content (AvgIpc) is 2.06. The van der Waals surface area contributed by atoms with Gasteiger partial charge in [-0.2, -0.15) is 0 Å². The van der Waals surface area contributed by atoms with Gasteiger partial charge in [-0.3, -0.25) is 0 Å². The zero-order chi connectivity index (χ0) is 8.10. The standard InChI is InChI=1S/C9H11NO/c1-8(7-11)10-9-5-3-2-4-6-9/h2-8,10H,1H3/t8-/m0/s1. The summed E-state index contributed by atoms with van der Waals surface area (Å²) in [4.78, 5) is 10.2. The van der Waals surface area contributed by atoms with Crippen molar-refractivity contribution in [3.8, 4) is 0 Å². The van der Waals surface area contributed by atoms with Crippen LogP contribution in [-0.2, 0) is 4.79 Å². The summed E-state index contributed by atoms with van der Waals surface area (Å²) in [5.41, 5.74) is 0.979. The van der Waals surface area contributed by atoms with Crippen LogP contribution in [0.5, 0.6) is 0 Å². The monoisotopic (exact) mass is 149 g/mol. The number of carbonyl (C=O) groups excluding carboxylic acids is 1. The van der Waals surface area contributed by atoms with Crippen LogP contribution in [0.3, 0.4) is 0 Å². The van der Waals surface area contributed by atoms with Gasteiger partial charge in [-0.25, -0.2) is 0 Å². The molecule has 0 heterocycles. The summed E-state index contributed by atoms with van der Waals surface area (Å²) in [5.74, 6) is 0. The maximum Gasteiger partial charge on any atom is 0.141 e. The summed E-state index contributed by atoms with van der Waals surface area (Å²) < 4.78 is 0. The van der Waals surface area contributed by atoms with Gasteiger partial charge in [0.2, 0.25) is 0 Å². The molecule has 0 saturated heterocycles. The lowest BCUT2D eigenvalue weighted by atomic mass is 10.3. The molecule has 1 aromatic carbocycles. The highest BCUT2D eigenvalue weighted by atomic mass is 16.1. The molecule has 11 heavy (non-hydrogen) atoms. The number of anilines is 1. The number of benzene rings is 1. The van der Waals surface area contributed by atoms with E-state index in [0.29, 0.717) is 0 Å². The second kappa shape index (κ2) is 3.76. The van der Waals surface area contributed by atoms with Crippen molar-refractivity contribution in [2.75, 3.05) is 5.32 Å². The molecule has 0 bridgehead atoms. The summed E-state index contributed by atoms with van der Waals surface area (Å²) in [6.45, 7) is 1.82. The van der Waals surface area contributed by atoms with Crippen molar-refractivity contribution in [1.82, 2.24) is 0 Å². The predicted molar refractivity (Wildman–Crippen MR) is 45.6 cm³/mol. The second-order valence-electron chi connectivity index (χ2n) is 2.44. The molecule has 1 aromatic rings. The normalized spacial score (nSPS) is 12.1. The molecule has 0 aliphatic carbocycles. The molecule has 0 saturated carbocycles. The predicted octanol–water partition coefficient (Wildman–Crippen LogP) is 1.69. The Morgan fingerprint density at radius 2 is 2.00 bits per heavy atom. The first-order valence-electron chi connectivity index (χ1n) is 3.60. The molecule has 1 atom stereocenters. The third-order valence-electron chi connectivity index (χ3n) is 1.37. The number of para-hydroxylation sites is 1. The van der Waals surface area contributed by atoms with Crippen molar-refractivity contribution in [1.29, 1.82) is 0 Å². The number of hydrogen-bond acceptors (Lipinski definition) is 2. The highest BCUT2D eigenvalue weighted by Gasteiger charge is 1.96. The molecule has 0 amide bonds. The van der Waals surface area contributed by atoms with Gasteiger partial charge in [0.25, 0.3) is 0 Å². The topological polar surface area (TPSA) is 29.1 Å². The van der Waals surface area contributed by atoms with Gasteiger partial charge >= 0.3 is 0 Å². The lowest BCUT2D eigenvalue weighted by molar-refractivity contribution is -0.108. The Labute approximate surface area is 66.2 Å². The maximum absolute atomic E-state index is 10.2. The fourth-order valence-corrected chi connectivity index (χ4v) is 0.831. The van der Waals surface area contributed by atoms with E-state index in [4.69, 9.17) is 0 Å². The van der Waals surface area contributed by atoms with Crippen molar-refractivity contribution in [3.63, 3.8) is 0 Å². The zero-order valence-electron chi connectivity index (χ0n) is 6.45. The number of nitrogens with one attached hydrogen (secondary N) is 1. The van der Waals surface area contributed by atoms with Gasteiger partial charge in [0.15, 0.2) is 0 Å². The fourth-order valence-electron chi connectivity index (χ4n) is 0.831. The van der Waals surface area contributed by atoms with Gasteiger partial charge in [0.1, 0.15) is 6.29 Å². The van der Waals surface area contributed by atoms with Crippen LogP contribution in [0.25, 0.3) is 0 Å². The molecule has 0 unspecified atom stereocenters. The van der Waals surface area contributed by atoms with E-state index in [9.17, 15) is 4.79 Å². The molecule has 58 valence electrons. The number of aldehydes is 1. The van der Waals surface area contributed by atoms with E-state index >= 15 is 0 Å². The van der Waals surface area contributed by atoms with Crippen molar-refractivity contribution in [3.05, 3.63) is 30.3 Å². The molecule has 1 rings (SSSR count). The van der Waals surface area contributed by atoms with E-state index in [1.54, 1.807) is 0 Å². The van der Waals surface area contributed by atoms with Crippen LogP contribution in [0.4, 0.5) is 5.69 Å². The van der Waals surface area contributed by atoms with Crippen LogP contribution in [0.15, 0.2) is 30.3 Å². The number of rotatable bonds is 3. The zero-order valence-corrected chi connectivity index (χ0v) is 6.45. The smallest absolute Gasteiger partial charge is 0.141 e. The Balaban J connectivity index is 2.57. The summed E-state index contributed by atoms with van der Waals surface area (Å²) in [5, 5.41) is 3.02. The van der Waals surface area contributed by atoms with Crippen molar-refractivity contribution in [2.24, 2.45) is 0 Å². The third kappa shape index (κ3) is 2.42. The minimum atomic E-state index is -0.114.